The van der Waals surface area contributed by atoms with Gasteiger partial charge in [0.25, 0.3) is 0 Å². The van der Waals surface area contributed by atoms with Crippen LogP contribution in [0.1, 0.15) is 6.92 Å². The van der Waals surface area contributed by atoms with Gasteiger partial charge in [-0.25, -0.2) is 0 Å². The molecule has 1 saturated heterocycles. The molecule has 2 atom stereocenters. The smallest absolute Gasteiger partial charge is 0.0799 e. The first-order valence-corrected chi connectivity index (χ1v) is 5.80. The zero-order chi connectivity index (χ0) is 9.68. The third kappa shape index (κ3) is 3.54. The summed E-state index contributed by atoms with van der Waals surface area (Å²) in [5.41, 5.74) is 0. The van der Waals surface area contributed by atoms with E-state index < -0.39 is 0 Å². The molecule has 0 bridgehead atoms. The molecule has 0 aromatic heterocycles. The molecule has 1 aliphatic rings. The Balaban J connectivity index is 2.31. The molecule has 78 valence electrons. The van der Waals surface area contributed by atoms with Crippen LogP contribution in [0.4, 0.5) is 0 Å². The van der Waals surface area contributed by atoms with E-state index in [4.69, 9.17) is 9.47 Å². The fourth-order valence-corrected chi connectivity index (χ4v) is 1.88. The van der Waals surface area contributed by atoms with E-state index in [1.54, 1.807) is 7.11 Å². The van der Waals surface area contributed by atoms with Crippen LogP contribution in [0.2, 0.25) is 0 Å². The van der Waals surface area contributed by atoms with Crippen molar-refractivity contribution in [2.24, 2.45) is 0 Å². The van der Waals surface area contributed by atoms with Crippen molar-refractivity contribution >= 4 is 15.9 Å². The van der Waals surface area contributed by atoms with Crippen LogP contribution in [-0.4, -0.2) is 55.8 Å². The zero-order valence-electron chi connectivity index (χ0n) is 8.33. The Morgan fingerprint density at radius 1 is 1.62 bits per heavy atom. The third-order valence-electron chi connectivity index (χ3n) is 2.39. The summed E-state index contributed by atoms with van der Waals surface area (Å²) < 4.78 is 10.7. The van der Waals surface area contributed by atoms with Crippen LogP contribution in [0.5, 0.6) is 0 Å². The highest BCUT2D eigenvalue weighted by molar-refractivity contribution is 9.09. The molecule has 0 saturated carbocycles. The normalized spacial score (nSPS) is 30.7. The second-order valence-electron chi connectivity index (χ2n) is 3.45. The van der Waals surface area contributed by atoms with Crippen LogP contribution in [0.25, 0.3) is 0 Å². The van der Waals surface area contributed by atoms with Crippen LogP contribution < -0.4 is 0 Å². The molecule has 0 radical (unpaired) electrons. The number of rotatable bonds is 4. The molecular weight excluding hydrogens is 234 g/mol. The summed E-state index contributed by atoms with van der Waals surface area (Å²) >= 11 is 3.44. The van der Waals surface area contributed by atoms with E-state index in [0.29, 0.717) is 12.1 Å². The van der Waals surface area contributed by atoms with Gasteiger partial charge in [-0.05, 0) is 6.92 Å². The van der Waals surface area contributed by atoms with Crippen molar-refractivity contribution in [3.8, 4) is 0 Å². The van der Waals surface area contributed by atoms with Crippen molar-refractivity contribution in [2.75, 3.05) is 38.7 Å². The maximum atomic E-state index is 5.62. The molecule has 3 nitrogen and oxygen atoms in total. The number of nitrogens with zero attached hydrogens (tertiary/aromatic N) is 1. The summed E-state index contributed by atoms with van der Waals surface area (Å²) in [4.78, 5) is 2.42. The molecule has 2 unspecified atom stereocenters. The SMILES string of the molecule is COCCN1CC(CBr)OCC1C. The number of hydrogen-bond donors (Lipinski definition) is 0. The van der Waals surface area contributed by atoms with E-state index in [-0.39, 0.29) is 0 Å². The Labute approximate surface area is 88.5 Å². The average Bonchev–Trinajstić information content (AvgIpc) is 2.17. The number of morpholine rings is 1. The summed E-state index contributed by atoms with van der Waals surface area (Å²) in [6.45, 7) is 5.85. The van der Waals surface area contributed by atoms with Gasteiger partial charge < -0.3 is 9.47 Å². The standard InChI is InChI=1S/C9H18BrNO2/c1-8-7-13-9(5-10)6-11(8)3-4-12-2/h8-9H,3-7H2,1-2H3. The van der Waals surface area contributed by atoms with Gasteiger partial charge in [-0.3, -0.25) is 4.90 Å². The first-order chi connectivity index (χ1) is 6.27. The minimum Gasteiger partial charge on any atom is -0.383 e. The van der Waals surface area contributed by atoms with Crippen molar-refractivity contribution in [1.82, 2.24) is 4.90 Å². The quantitative estimate of drug-likeness (QED) is 0.700. The number of halogens is 1. The van der Waals surface area contributed by atoms with Gasteiger partial charge in [-0.15, -0.1) is 0 Å². The van der Waals surface area contributed by atoms with Gasteiger partial charge >= 0.3 is 0 Å². The van der Waals surface area contributed by atoms with Crippen LogP contribution >= 0.6 is 15.9 Å². The predicted molar refractivity (Wildman–Crippen MR) is 56.4 cm³/mol. The highest BCUT2D eigenvalue weighted by Crippen LogP contribution is 2.12. The van der Waals surface area contributed by atoms with Gasteiger partial charge in [0.15, 0.2) is 0 Å². The monoisotopic (exact) mass is 251 g/mol. The summed E-state index contributed by atoms with van der Waals surface area (Å²) in [6, 6.07) is 0.519. The van der Waals surface area contributed by atoms with Gasteiger partial charge in [0.2, 0.25) is 0 Å². The largest absolute Gasteiger partial charge is 0.383 e. The molecule has 1 heterocycles. The van der Waals surface area contributed by atoms with E-state index in [1.165, 1.54) is 0 Å². The molecule has 1 fully saturated rings. The second-order valence-corrected chi connectivity index (χ2v) is 4.09. The van der Waals surface area contributed by atoms with E-state index in [9.17, 15) is 0 Å². The Bertz CT molecular complexity index is 146. The number of hydrogen-bond acceptors (Lipinski definition) is 3. The molecular formula is C9H18BrNO2. The van der Waals surface area contributed by atoms with Gasteiger partial charge in [0.1, 0.15) is 0 Å². The highest BCUT2D eigenvalue weighted by Gasteiger charge is 2.24. The summed E-state index contributed by atoms with van der Waals surface area (Å²) in [7, 11) is 1.74. The first kappa shape index (κ1) is 11.4. The zero-order valence-corrected chi connectivity index (χ0v) is 9.92. The lowest BCUT2D eigenvalue weighted by atomic mass is 10.2. The fourth-order valence-electron chi connectivity index (χ4n) is 1.49. The summed E-state index contributed by atoms with van der Waals surface area (Å²) in [5, 5.41) is 0.920. The fraction of sp³-hybridized carbons (Fsp3) is 1.00. The van der Waals surface area contributed by atoms with E-state index in [1.807, 2.05) is 0 Å². The van der Waals surface area contributed by atoms with Crippen molar-refractivity contribution in [3.05, 3.63) is 0 Å². The average molecular weight is 252 g/mol. The molecule has 1 rings (SSSR count). The van der Waals surface area contributed by atoms with E-state index in [0.717, 1.165) is 31.6 Å². The predicted octanol–water partition coefficient (Wildman–Crippen LogP) is 1.12. The molecule has 0 aromatic rings. The topological polar surface area (TPSA) is 21.7 Å². The van der Waals surface area contributed by atoms with Crippen molar-refractivity contribution in [3.63, 3.8) is 0 Å². The number of alkyl halides is 1. The Morgan fingerprint density at radius 3 is 3.00 bits per heavy atom. The molecule has 13 heavy (non-hydrogen) atoms. The van der Waals surface area contributed by atoms with Crippen molar-refractivity contribution < 1.29 is 9.47 Å². The van der Waals surface area contributed by atoms with Crippen LogP contribution in [0.15, 0.2) is 0 Å². The molecule has 4 heteroatoms. The lowest BCUT2D eigenvalue weighted by Gasteiger charge is -2.37. The molecule has 0 aliphatic carbocycles. The minimum absolute atomic E-state index is 0.341. The Kier molecular flexibility index (Phi) is 5.24. The Hall–Kier alpha value is 0.360. The Morgan fingerprint density at radius 2 is 2.38 bits per heavy atom. The van der Waals surface area contributed by atoms with Gasteiger partial charge in [-0.1, -0.05) is 15.9 Å². The lowest BCUT2D eigenvalue weighted by Crippen LogP contribution is -2.49. The summed E-state index contributed by atoms with van der Waals surface area (Å²) in [6.07, 6.45) is 0.341. The van der Waals surface area contributed by atoms with Gasteiger partial charge in [0.05, 0.1) is 19.3 Å². The maximum Gasteiger partial charge on any atom is 0.0799 e. The van der Waals surface area contributed by atoms with Gasteiger partial charge in [-0.2, -0.15) is 0 Å². The number of ether oxygens (including phenoxy) is 2. The third-order valence-corrected chi connectivity index (χ3v) is 3.11. The second kappa shape index (κ2) is 5.96. The molecule has 0 spiro atoms. The van der Waals surface area contributed by atoms with Crippen LogP contribution in [0.3, 0.4) is 0 Å². The maximum absolute atomic E-state index is 5.62. The highest BCUT2D eigenvalue weighted by atomic mass is 79.9. The summed E-state index contributed by atoms with van der Waals surface area (Å²) in [5.74, 6) is 0. The van der Waals surface area contributed by atoms with Gasteiger partial charge in [0, 0.05) is 31.6 Å². The van der Waals surface area contributed by atoms with Crippen molar-refractivity contribution in [1.29, 1.82) is 0 Å². The molecule has 1 aliphatic heterocycles. The van der Waals surface area contributed by atoms with Crippen LogP contribution in [0, 0.1) is 0 Å². The lowest BCUT2D eigenvalue weighted by molar-refractivity contribution is -0.0523. The molecule has 0 aromatic carbocycles. The van der Waals surface area contributed by atoms with Crippen molar-refractivity contribution in [2.45, 2.75) is 19.1 Å². The van der Waals surface area contributed by atoms with E-state index in [2.05, 4.69) is 27.8 Å². The van der Waals surface area contributed by atoms with Crippen LogP contribution in [-0.2, 0) is 9.47 Å². The number of methoxy groups -OCH3 is 1. The first-order valence-electron chi connectivity index (χ1n) is 4.68. The molecule has 0 amide bonds. The van der Waals surface area contributed by atoms with E-state index >= 15 is 0 Å². The molecule has 0 N–H and O–H groups in total. The minimum atomic E-state index is 0.341.